The van der Waals surface area contributed by atoms with E-state index in [1.165, 1.54) is 12.4 Å². The number of halogens is 1. The second-order valence-corrected chi connectivity index (χ2v) is 7.02. The van der Waals surface area contributed by atoms with E-state index in [9.17, 15) is 14.4 Å². The van der Waals surface area contributed by atoms with Crippen molar-refractivity contribution in [2.24, 2.45) is 0 Å². The van der Waals surface area contributed by atoms with Gasteiger partial charge in [0.2, 0.25) is 5.91 Å². The van der Waals surface area contributed by atoms with Crippen LogP contribution in [0.4, 0.5) is 5.69 Å². The number of ether oxygens (including phenoxy) is 1. The Balaban J connectivity index is 1.33. The highest BCUT2D eigenvalue weighted by Gasteiger charge is 2.21. The van der Waals surface area contributed by atoms with Crippen molar-refractivity contribution in [2.75, 3.05) is 44.3 Å². The molecule has 0 radical (unpaired) electrons. The highest BCUT2D eigenvalue weighted by molar-refractivity contribution is 6.30. The lowest BCUT2D eigenvalue weighted by molar-refractivity contribution is -0.138. The highest BCUT2D eigenvalue weighted by atomic mass is 35.5. The first-order valence-corrected chi connectivity index (χ1v) is 9.76. The standard InChI is InChI=1S/C20H22ClN5O4/c21-16-4-1-5-17(11-16)25-7-9-26(10-8-25)19(28)14-30-13-18(27)23-24-20(29)15-3-2-6-22-12-15/h1-6,11-12H,7-10,13-14H2,(H,23,27)(H,24,29). The van der Waals surface area contributed by atoms with Gasteiger partial charge in [0, 0.05) is 49.3 Å². The van der Waals surface area contributed by atoms with E-state index in [4.69, 9.17) is 16.3 Å². The third kappa shape index (κ3) is 6.16. The van der Waals surface area contributed by atoms with Crippen molar-refractivity contribution in [3.8, 4) is 0 Å². The van der Waals surface area contributed by atoms with Crippen LogP contribution in [0.2, 0.25) is 5.02 Å². The zero-order chi connectivity index (χ0) is 21.3. The number of carbonyl (C=O) groups is 3. The Hall–Kier alpha value is -3.17. The summed E-state index contributed by atoms with van der Waals surface area (Å²) < 4.78 is 5.18. The van der Waals surface area contributed by atoms with Crippen LogP contribution in [0.1, 0.15) is 10.4 Å². The fraction of sp³-hybridized carbons (Fsp3) is 0.300. The molecule has 0 spiro atoms. The molecule has 3 rings (SSSR count). The molecule has 1 saturated heterocycles. The Morgan fingerprint density at radius 2 is 1.83 bits per heavy atom. The highest BCUT2D eigenvalue weighted by Crippen LogP contribution is 2.20. The van der Waals surface area contributed by atoms with E-state index in [2.05, 4.69) is 20.7 Å². The van der Waals surface area contributed by atoms with Crippen LogP contribution in [0.15, 0.2) is 48.8 Å². The van der Waals surface area contributed by atoms with Gasteiger partial charge in [-0.05, 0) is 30.3 Å². The SMILES string of the molecule is O=C(COCC(=O)N1CCN(c2cccc(Cl)c2)CC1)NNC(=O)c1cccnc1. The number of hydrogen-bond donors (Lipinski definition) is 2. The fourth-order valence-corrected chi connectivity index (χ4v) is 3.13. The fourth-order valence-electron chi connectivity index (χ4n) is 2.94. The van der Waals surface area contributed by atoms with E-state index >= 15 is 0 Å². The van der Waals surface area contributed by atoms with Crippen molar-refractivity contribution >= 4 is 35.0 Å². The summed E-state index contributed by atoms with van der Waals surface area (Å²) in [5.41, 5.74) is 5.82. The molecule has 2 aromatic rings. The number of carbonyl (C=O) groups excluding carboxylic acids is 3. The first-order chi connectivity index (χ1) is 14.5. The number of hydrogen-bond acceptors (Lipinski definition) is 6. The molecule has 2 heterocycles. The molecule has 2 N–H and O–H groups in total. The number of piperazine rings is 1. The van der Waals surface area contributed by atoms with E-state index in [0.717, 1.165) is 5.69 Å². The molecule has 0 aliphatic carbocycles. The summed E-state index contributed by atoms with van der Waals surface area (Å²) in [6.45, 7) is 1.94. The molecule has 0 bridgehead atoms. The van der Waals surface area contributed by atoms with Crippen molar-refractivity contribution in [1.82, 2.24) is 20.7 Å². The molecule has 1 aliphatic heterocycles. The molecule has 3 amide bonds. The van der Waals surface area contributed by atoms with Crippen LogP contribution in [-0.2, 0) is 14.3 Å². The maximum absolute atomic E-state index is 12.3. The Kier molecular flexibility index (Phi) is 7.58. The van der Waals surface area contributed by atoms with Gasteiger partial charge in [0.1, 0.15) is 13.2 Å². The van der Waals surface area contributed by atoms with Crippen LogP contribution in [0.3, 0.4) is 0 Å². The summed E-state index contributed by atoms with van der Waals surface area (Å²) in [7, 11) is 0. The number of nitrogens with one attached hydrogen (secondary N) is 2. The van der Waals surface area contributed by atoms with Crippen molar-refractivity contribution in [3.05, 3.63) is 59.4 Å². The number of nitrogens with zero attached hydrogens (tertiary/aromatic N) is 3. The van der Waals surface area contributed by atoms with Gasteiger partial charge >= 0.3 is 0 Å². The third-order valence-electron chi connectivity index (χ3n) is 4.50. The molecule has 1 aliphatic rings. The van der Waals surface area contributed by atoms with Gasteiger partial charge in [-0.3, -0.25) is 30.2 Å². The Labute approximate surface area is 178 Å². The summed E-state index contributed by atoms with van der Waals surface area (Å²) in [5.74, 6) is -1.25. The quantitative estimate of drug-likeness (QED) is 0.657. The molecule has 1 fully saturated rings. The first-order valence-electron chi connectivity index (χ1n) is 9.38. The molecule has 0 saturated carbocycles. The summed E-state index contributed by atoms with van der Waals surface area (Å²) in [6, 6.07) is 10.8. The molecule has 9 nitrogen and oxygen atoms in total. The predicted octanol–water partition coefficient (Wildman–Crippen LogP) is 0.861. The molecular formula is C20H22ClN5O4. The van der Waals surface area contributed by atoms with Crippen LogP contribution >= 0.6 is 11.6 Å². The predicted molar refractivity (Wildman–Crippen MR) is 111 cm³/mol. The molecule has 10 heteroatoms. The topological polar surface area (TPSA) is 104 Å². The lowest BCUT2D eigenvalue weighted by Gasteiger charge is -2.36. The lowest BCUT2D eigenvalue weighted by atomic mass is 10.2. The number of anilines is 1. The Morgan fingerprint density at radius 3 is 2.53 bits per heavy atom. The second-order valence-electron chi connectivity index (χ2n) is 6.58. The van der Waals surface area contributed by atoms with Gasteiger partial charge in [-0.2, -0.15) is 0 Å². The molecule has 0 atom stereocenters. The Bertz CT molecular complexity index is 888. The van der Waals surface area contributed by atoms with Gasteiger partial charge in [-0.15, -0.1) is 0 Å². The van der Waals surface area contributed by atoms with Crippen LogP contribution in [0.25, 0.3) is 0 Å². The smallest absolute Gasteiger partial charge is 0.271 e. The normalized spacial score (nSPS) is 13.6. The monoisotopic (exact) mass is 431 g/mol. The number of amides is 3. The number of hydrazine groups is 1. The summed E-state index contributed by atoms with van der Waals surface area (Å²) in [6.07, 6.45) is 2.92. The van der Waals surface area contributed by atoms with Crippen LogP contribution < -0.4 is 15.8 Å². The molecule has 0 unspecified atom stereocenters. The van der Waals surface area contributed by atoms with Gasteiger partial charge < -0.3 is 14.5 Å². The van der Waals surface area contributed by atoms with Crippen molar-refractivity contribution in [1.29, 1.82) is 0 Å². The van der Waals surface area contributed by atoms with E-state index in [1.807, 2.05) is 24.3 Å². The maximum atomic E-state index is 12.3. The van der Waals surface area contributed by atoms with Gasteiger partial charge in [0.05, 0.1) is 5.56 Å². The number of benzene rings is 1. The van der Waals surface area contributed by atoms with E-state index in [-0.39, 0.29) is 19.1 Å². The largest absolute Gasteiger partial charge is 0.368 e. The minimum Gasteiger partial charge on any atom is -0.368 e. The van der Waals surface area contributed by atoms with Crippen molar-refractivity contribution in [3.63, 3.8) is 0 Å². The average Bonchev–Trinajstić information content (AvgIpc) is 2.78. The van der Waals surface area contributed by atoms with Crippen molar-refractivity contribution < 1.29 is 19.1 Å². The molecule has 1 aromatic carbocycles. The average molecular weight is 432 g/mol. The van der Waals surface area contributed by atoms with Gasteiger partial charge in [-0.1, -0.05) is 17.7 Å². The van der Waals surface area contributed by atoms with E-state index in [0.29, 0.717) is 36.8 Å². The molecule has 1 aromatic heterocycles. The minimum atomic E-state index is -0.564. The Morgan fingerprint density at radius 1 is 1.03 bits per heavy atom. The van der Waals surface area contributed by atoms with Crippen molar-refractivity contribution in [2.45, 2.75) is 0 Å². The second kappa shape index (κ2) is 10.6. The number of aromatic nitrogens is 1. The lowest BCUT2D eigenvalue weighted by Crippen LogP contribution is -2.50. The zero-order valence-corrected chi connectivity index (χ0v) is 17.0. The van der Waals surface area contributed by atoms with Gasteiger partial charge in [-0.25, -0.2) is 0 Å². The molecule has 30 heavy (non-hydrogen) atoms. The number of pyridine rings is 1. The van der Waals surface area contributed by atoms with Crippen LogP contribution in [0.5, 0.6) is 0 Å². The summed E-state index contributed by atoms with van der Waals surface area (Å²) in [4.78, 5) is 43.5. The van der Waals surface area contributed by atoms with Gasteiger partial charge in [0.25, 0.3) is 11.8 Å². The van der Waals surface area contributed by atoms with E-state index < -0.39 is 11.8 Å². The van der Waals surface area contributed by atoms with Crippen LogP contribution in [-0.4, -0.2) is 67.0 Å². The summed E-state index contributed by atoms with van der Waals surface area (Å²) in [5, 5.41) is 0.675. The van der Waals surface area contributed by atoms with Crippen LogP contribution in [0, 0.1) is 0 Å². The molecule has 158 valence electrons. The first kappa shape index (κ1) is 21.5. The summed E-state index contributed by atoms with van der Waals surface area (Å²) >= 11 is 6.03. The molecular weight excluding hydrogens is 410 g/mol. The zero-order valence-electron chi connectivity index (χ0n) is 16.2. The third-order valence-corrected chi connectivity index (χ3v) is 4.74. The number of rotatable bonds is 6. The van der Waals surface area contributed by atoms with Gasteiger partial charge in [0.15, 0.2) is 0 Å². The maximum Gasteiger partial charge on any atom is 0.271 e. The van der Waals surface area contributed by atoms with E-state index in [1.54, 1.807) is 17.0 Å². The minimum absolute atomic E-state index is 0.187.